The third kappa shape index (κ3) is 3.97. The second-order valence-electron chi connectivity index (χ2n) is 5.88. The van der Waals surface area contributed by atoms with Crippen LogP contribution in [0, 0.1) is 6.92 Å². The molecule has 8 heteroatoms. The number of aliphatic hydroxyl groups excluding tert-OH is 1. The molecule has 1 aromatic carbocycles. The Morgan fingerprint density at radius 3 is 2.96 bits per heavy atom. The van der Waals surface area contributed by atoms with Crippen LogP contribution in [0.4, 0.5) is 0 Å². The second-order valence-corrected chi connectivity index (χ2v) is 7.11. The summed E-state index contributed by atoms with van der Waals surface area (Å²) in [7, 11) is 0. The van der Waals surface area contributed by atoms with Crippen molar-refractivity contribution in [2.45, 2.75) is 32.4 Å². The molecular weight excluding hydrogens is 340 g/mol. The number of imidazole rings is 1. The molecule has 2 heterocycles. The minimum Gasteiger partial charge on any atom is -0.493 e. The zero-order chi connectivity index (χ0) is 18.0. The molecule has 3 aromatic rings. The fourth-order valence-electron chi connectivity index (χ4n) is 2.69. The van der Waals surface area contributed by atoms with Crippen LogP contribution >= 0.6 is 11.3 Å². The van der Waals surface area contributed by atoms with Crippen LogP contribution < -0.4 is 10.5 Å². The fourth-order valence-corrected chi connectivity index (χ4v) is 3.50. The van der Waals surface area contributed by atoms with Crippen LogP contribution in [0.2, 0.25) is 0 Å². The van der Waals surface area contributed by atoms with E-state index in [1.54, 1.807) is 29.0 Å². The lowest BCUT2D eigenvalue weighted by atomic mass is 10.1. The number of hydrogen-bond acceptors (Lipinski definition) is 6. The van der Waals surface area contributed by atoms with Gasteiger partial charge in [-0.1, -0.05) is 0 Å². The number of rotatable bonds is 7. The number of thiazole rings is 1. The number of aromatic nitrogens is 3. The predicted octanol–water partition coefficient (Wildman–Crippen LogP) is 2.29. The fraction of sp³-hybridized carbons (Fsp3) is 0.353. The minimum atomic E-state index is -0.623. The minimum absolute atomic E-state index is 0.177. The van der Waals surface area contributed by atoms with Crippen molar-refractivity contribution in [2.75, 3.05) is 6.61 Å². The number of aliphatic hydroxyl groups is 1. The number of fused-ring (bicyclic) bond motifs is 1. The number of hydrogen-bond donors (Lipinski definition) is 2. The first kappa shape index (κ1) is 17.4. The number of aryl methyl sites for hydroxylation is 1. The first-order chi connectivity index (χ1) is 11.9. The number of nitrogens with two attached hydrogens (primary N) is 1. The maximum atomic E-state index is 11.2. The molecule has 0 aliphatic rings. The van der Waals surface area contributed by atoms with Gasteiger partial charge < -0.3 is 20.1 Å². The van der Waals surface area contributed by atoms with Crippen molar-refractivity contribution in [3.63, 3.8) is 0 Å². The van der Waals surface area contributed by atoms with Crippen molar-refractivity contribution >= 4 is 27.5 Å². The highest BCUT2D eigenvalue weighted by Crippen LogP contribution is 2.26. The Balaban J connectivity index is 1.65. The molecular formula is C17H20N4O3S. The lowest BCUT2D eigenvalue weighted by molar-refractivity contribution is 0.0993. The van der Waals surface area contributed by atoms with Crippen LogP contribution in [0.5, 0.6) is 5.75 Å². The molecule has 2 atom stereocenters. The van der Waals surface area contributed by atoms with Crippen LogP contribution in [0.1, 0.15) is 34.9 Å². The van der Waals surface area contributed by atoms with E-state index in [0.717, 1.165) is 21.0 Å². The Morgan fingerprint density at radius 2 is 2.28 bits per heavy atom. The van der Waals surface area contributed by atoms with Gasteiger partial charge in [0.1, 0.15) is 11.4 Å². The molecule has 0 spiro atoms. The zero-order valence-corrected chi connectivity index (χ0v) is 14.9. The molecule has 7 nitrogen and oxygen atoms in total. The van der Waals surface area contributed by atoms with Crippen LogP contribution in [0.25, 0.3) is 10.2 Å². The third-order valence-corrected chi connectivity index (χ3v) is 4.89. The zero-order valence-electron chi connectivity index (χ0n) is 14.0. The van der Waals surface area contributed by atoms with Crippen LogP contribution in [-0.2, 0) is 0 Å². The summed E-state index contributed by atoms with van der Waals surface area (Å²) in [5.74, 6) is 0.150. The summed E-state index contributed by atoms with van der Waals surface area (Å²) in [5, 5.41) is 11.0. The summed E-state index contributed by atoms with van der Waals surface area (Å²) in [6.45, 7) is 4.08. The highest BCUT2D eigenvalue weighted by molar-refractivity contribution is 7.18. The van der Waals surface area contributed by atoms with Gasteiger partial charge in [0.25, 0.3) is 5.91 Å². The van der Waals surface area contributed by atoms with E-state index in [2.05, 4.69) is 9.97 Å². The topological polar surface area (TPSA) is 103 Å². The highest BCUT2D eigenvalue weighted by atomic mass is 32.1. The van der Waals surface area contributed by atoms with Crippen molar-refractivity contribution in [2.24, 2.45) is 5.73 Å². The van der Waals surface area contributed by atoms with E-state index < -0.39 is 12.0 Å². The summed E-state index contributed by atoms with van der Waals surface area (Å²) in [5.41, 5.74) is 6.32. The van der Waals surface area contributed by atoms with Crippen molar-refractivity contribution < 1.29 is 14.6 Å². The molecule has 0 saturated carbocycles. The number of amides is 1. The van der Waals surface area contributed by atoms with E-state index in [1.807, 2.05) is 25.1 Å². The molecule has 3 rings (SSSR count). The Bertz CT molecular complexity index is 887. The quantitative estimate of drug-likeness (QED) is 0.673. The van der Waals surface area contributed by atoms with Crippen molar-refractivity contribution in [1.29, 1.82) is 0 Å². The first-order valence-corrected chi connectivity index (χ1v) is 8.77. The van der Waals surface area contributed by atoms with E-state index >= 15 is 0 Å². The van der Waals surface area contributed by atoms with Crippen molar-refractivity contribution in [1.82, 2.24) is 14.5 Å². The van der Waals surface area contributed by atoms with Crippen LogP contribution in [0.15, 0.2) is 30.7 Å². The van der Waals surface area contributed by atoms with Gasteiger partial charge in [-0.15, -0.1) is 11.3 Å². The van der Waals surface area contributed by atoms with E-state index in [4.69, 9.17) is 10.5 Å². The lowest BCUT2D eigenvalue weighted by Gasteiger charge is -2.21. The van der Waals surface area contributed by atoms with Gasteiger partial charge in [-0.3, -0.25) is 4.79 Å². The molecule has 0 saturated heterocycles. The van der Waals surface area contributed by atoms with E-state index in [9.17, 15) is 9.90 Å². The number of primary amides is 1. The average molecular weight is 360 g/mol. The number of benzene rings is 1. The molecule has 0 unspecified atom stereocenters. The second kappa shape index (κ2) is 7.20. The summed E-state index contributed by atoms with van der Waals surface area (Å²) in [6.07, 6.45) is 2.98. The van der Waals surface area contributed by atoms with Gasteiger partial charge in [0.15, 0.2) is 0 Å². The summed E-state index contributed by atoms with van der Waals surface area (Å²) >= 11 is 1.65. The molecule has 2 aromatic heterocycles. The maximum absolute atomic E-state index is 11.2. The number of carbonyl (C=O) groups is 1. The number of ether oxygens (including phenoxy) is 1. The SMILES string of the molecule is Cc1nc2cc(OCC[C@H]([C@H](C)O)n3cnc(C(N)=O)c3)ccc2s1. The summed E-state index contributed by atoms with van der Waals surface area (Å²) < 4.78 is 8.63. The summed E-state index contributed by atoms with van der Waals surface area (Å²) in [4.78, 5) is 19.6. The van der Waals surface area contributed by atoms with Gasteiger partial charge in [0, 0.05) is 18.7 Å². The normalized spacial score (nSPS) is 13.7. The third-order valence-electron chi connectivity index (χ3n) is 3.94. The van der Waals surface area contributed by atoms with Gasteiger partial charge in [0.05, 0.1) is 40.3 Å². The molecule has 0 radical (unpaired) electrons. The van der Waals surface area contributed by atoms with Gasteiger partial charge >= 0.3 is 0 Å². The van der Waals surface area contributed by atoms with Crippen LogP contribution in [-0.4, -0.2) is 38.3 Å². The maximum Gasteiger partial charge on any atom is 0.268 e. The van der Waals surface area contributed by atoms with Gasteiger partial charge in [-0.2, -0.15) is 0 Å². The predicted molar refractivity (Wildman–Crippen MR) is 95.9 cm³/mol. The molecule has 3 N–H and O–H groups in total. The molecule has 132 valence electrons. The Hall–Kier alpha value is -2.45. The van der Waals surface area contributed by atoms with Crippen LogP contribution in [0.3, 0.4) is 0 Å². The molecule has 25 heavy (non-hydrogen) atoms. The Labute approximate surface area is 149 Å². The van der Waals surface area contributed by atoms with Crippen molar-refractivity contribution in [3.05, 3.63) is 41.4 Å². The highest BCUT2D eigenvalue weighted by Gasteiger charge is 2.19. The molecule has 0 aliphatic heterocycles. The van der Waals surface area contributed by atoms with E-state index in [0.29, 0.717) is 13.0 Å². The Kier molecular flexibility index (Phi) is 5.00. The van der Waals surface area contributed by atoms with Gasteiger partial charge in [-0.05, 0) is 26.0 Å². The standard InChI is InChI=1S/C17H20N4O3S/c1-10(22)15(21-8-14(17(18)23)19-9-21)5-6-24-12-3-4-16-13(7-12)20-11(2)25-16/h3-4,7-10,15,22H,5-6H2,1-2H3,(H2,18,23)/t10-,15+/m0/s1. The van der Waals surface area contributed by atoms with E-state index in [1.165, 1.54) is 6.33 Å². The average Bonchev–Trinajstić information content (AvgIpc) is 3.16. The number of carbonyl (C=O) groups excluding carboxylic acids is 1. The summed E-state index contributed by atoms with van der Waals surface area (Å²) in [6, 6.07) is 5.57. The number of nitrogens with zero attached hydrogens (tertiary/aromatic N) is 3. The van der Waals surface area contributed by atoms with E-state index in [-0.39, 0.29) is 11.7 Å². The first-order valence-electron chi connectivity index (χ1n) is 7.95. The largest absolute Gasteiger partial charge is 0.493 e. The molecule has 1 amide bonds. The molecule has 0 aliphatic carbocycles. The smallest absolute Gasteiger partial charge is 0.268 e. The van der Waals surface area contributed by atoms with Crippen molar-refractivity contribution in [3.8, 4) is 5.75 Å². The molecule has 0 bridgehead atoms. The monoisotopic (exact) mass is 360 g/mol. The lowest BCUT2D eigenvalue weighted by Crippen LogP contribution is -2.23. The molecule has 0 fully saturated rings. The Morgan fingerprint density at radius 1 is 1.48 bits per heavy atom. The van der Waals surface area contributed by atoms with Gasteiger partial charge in [-0.25, -0.2) is 9.97 Å². The van der Waals surface area contributed by atoms with Gasteiger partial charge in [0.2, 0.25) is 0 Å².